The molecule has 3 rings (SSSR count). The molecule has 0 spiro atoms. The average molecular weight is 276 g/mol. The van der Waals surface area contributed by atoms with Gasteiger partial charge in [-0.15, -0.1) is 5.10 Å². The van der Waals surface area contributed by atoms with Crippen molar-refractivity contribution in [3.05, 3.63) is 53.4 Å². The Morgan fingerprint density at radius 2 is 2.16 bits per heavy atom. The summed E-state index contributed by atoms with van der Waals surface area (Å²) in [5.74, 6) is 1.27. The van der Waals surface area contributed by atoms with Gasteiger partial charge in [-0.25, -0.2) is 9.50 Å². The molecule has 0 aliphatic carbocycles. The SMILES string of the molecule is Oc1cccc(OCc2nc3cc(Cl)ccn3n2)c1. The number of aromatic nitrogens is 3. The summed E-state index contributed by atoms with van der Waals surface area (Å²) in [4.78, 5) is 4.29. The lowest BCUT2D eigenvalue weighted by Gasteiger charge is -2.02. The van der Waals surface area contributed by atoms with E-state index in [1.807, 2.05) is 0 Å². The minimum absolute atomic E-state index is 0.159. The first kappa shape index (κ1) is 11.8. The lowest BCUT2D eigenvalue weighted by atomic mass is 10.3. The van der Waals surface area contributed by atoms with Crippen molar-refractivity contribution in [3.8, 4) is 11.5 Å². The summed E-state index contributed by atoms with van der Waals surface area (Å²) >= 11 is 5.88. The Kier molecular flexibility index (Phi) is 2.97. The van der Waals surface area contributed by atoms with Crippen LogP contribution in [0.4, 0.5) is 0 Å². The van der Waals surface area contributed by atoms with Gasteiger partial charge in [0.05, 0.1) is 0 Å². The Morgan fingerprint density at radius 3 is 3.00 bits per heavy atom. The van der Waals surface area contributed by atoms with E-state index < -0.39 is 0 Å². The van der Waals surface area contributed by atoms with Crippen LogP contribution in [0.25, 0.3) is 5.65 Å². The maximum Gasteiger partial charge on any atom is 0.189 e. The highest BCUT2D eigenvalue weighted by Crippen LogP contribution is 2.18. The van der Waals surface area contributed by atoms with Crippen LogP contribution < -0.4 is 4.74 Å². The molecule has 19 heavy (non-hydrogen) atoms. The van der Waals surface area contributed by atoms with Gasteiger partial charge in [-0.2, -0.15) is 0 Å². The molecule has 0 fully saturated rings. The van der Waals surface area contributed by atoms with Gasteiger partial charge in [0.25, 0.3) is 0 Å². The average Bonchev–Trinajstić information content (AvgIpc) is 2.78. The molecule has 0 aliphatic heterocycles. The number of phenols is 1. The van der Waals surface area contributed by atoms with Crippen molar-refractivity contribution in [2.45, 2.75) is 6.61 Å². The Morgan fingerprint density at radius 1 is 1.26 bits per heavy atom. The fraction of sp³-hybridized carbons (Fsp3) is 0.0769. The lowest BCUT2D eigenvalue weighted by molar-refractivity contribution is 0.294. The summed E-state index contributed by atoms with van der Waals surface area (Å²) < 4.78 is 7.13. The minimum atomic E-state index is 0.159. The predicted octanol–water partition coefficient (Wildman–Crippen LogP) is 2.67. The van der Waals surface area contributed by atoms with Crippen molar-refractivity contribution in [3.63, 3.8) is 0 Å². The Bertz CT molecular complexity index is 727. The standard InChI is InChI=1S/C13H10ClN3O2/c14-9-4-5-17-13(6-9)15-12(16-17)8-19-11-3-1-2-10(18)7-11/h1-7,18H,8H2. The van der Waals surface area contributed by atoms with Crippen LogP contribution in [0.15, 0.2) is 42.6 Å². The number of benzene rings is 1. The largest absolute Gasteiger partial charge is 0.508 e. The molecule has 0 bridgehead atoms. The van der Waals surface area contributed by atoms with Gasteiger partial charge in [0.15, 0.2) is 11.5 Å². The molecule has 2 heterocycles. The van der Waals surface area contributed by atoms with E-state index in [1.165, 1.54) is 6.07 Å². The molecule has 1 N–H and O–H groups in total. The van der Waals surface area contributed by atoms with E-state index in [9.17, 15) is 5.11 Å². The zero-order valence-corrected chi connectivity index (χ0v) is 10.6. The molecular weight excluding hydrogens is 266 g/mol. The molecule has 0 atom stereocenters. The summed E-state index contributed by atoms with van der Waals surface area (Å²) in [5.41, 5.74) is 0.669. The molecule has 2 aromatic heterocycles. The van der Waals surface area contributed by atoms with Crippen LogP contribution in [-0.4, -0.2) is 19.7 Å². The van der Waals surface area contributed by atoms with E-state index in [4.69, 9.17) is 16.3 Å². The highest BCUT2D eigenvalue weighted by Gasteiger charge is 2.05. The summed E-state index contributed by atoms with van der Waals surface area (Å²) in [6, 6.07) is 10.0. The quantitative estimate of drug-likeness (QED) is 0.798. The number of fused-ring (bicyclic) bond motifs is 1. The number of ether oxygens (including phenoxy) is 1. The molecule has 0 unspecified atom stereocenters. The third kappa shape index (κ3) is 2.61. The van der Waals surface area contributed by atoms with Gasteiger partial charge < -0.3 is 9.84 Å². The topological polar surface area (TPSA) is 59.7 Å². The number of rotatable bonds is 3. The minimum Gasteiger partial charge on any atom is -0.508 e. The van der Waals surface area contributed by atoms with Crippen LogP contribution >= 0.6 is 11.6 Å². The van der Waals surface area contributed by atoms with Crippen molar-refractivity contribution >= 4 is 17.2 Å². The van der Waals surface area contributed by atoms with Gasteiger partial charge in [-0.05, 0) is 18.2 Å². The van der Waals surface area contributed by atoms with Crippen molar-refractivity contribution in [1.29, 1.82) is 0 Å². The second-order valence-corrected chi connectivity index (χ2v) is 4.40. The summed E-state index contributed by atoms with van der Waals surface area (Å²) in [6.45, 7) is 0.225. The van der Waals surface area contributed by atoms with Crippen molar-refractivity contribution in [2.24, 2.45) is 0 Å². The number of halogens is 1. The molecule has 0 radical (unpaired) electrons. The normalized spacial score (nSPS) is 10.8. The fourth-order valence-electron chi connectivity index (χ4n) is 1.69. The van der Waals surface area contributed by atoms with Gasteiger partial charge in [0, 0.05) is 23.4 Å². The summed E-state index contributed by atoms with van der Waals surface area (Å²) in [7, 11) is 0. The smallest absolute Gasteiger partial charge is 0.189 e. The van der Waals surface area contributed by atoms with E-state index >= 15 is 0 Å². The molecule has 0 aliphatic rings. The number of hydrogen-bond donors (Lipinski definition) is 1. The van der Waals surface area contributed by atoms with Crippen LogP contribution in [0.5, 0.6) is 11.5 Å². The highest BCUT2D eigenvalue weighted by atomic mass is 35.5. The summed E-state index contributed by atoms with van der Waals surface area (Å²) in [6.07, 6.45) is 1.74. The maximum absolute atomic E-state index is 9.33. The van der Waals surface area contributed by atoms with E-state index in [0.29, 0.717) is 22.2 Å². The first-order chi connectivity index (χ1) is 9.20. The number of nitrogens with zero attached hydrogens (tertiary/aromatic N) is 3. The molecule has 0 saturated carbocycles. The van der Waals surface area contributed by atoms with Gasteiger partial charge in [-0.3, -0.25) is 0 Å². The van der Waals surface area contributed by atoms with Crippen LogP contribution in [0, 0.1) is 0 Å². The van der Waals surface area contributed by atoms with Crippen LogP contribution in [0.2, 0.25) is 5.02 Å². The fourth-order valence-corrected chi connectivity index (χ4v) is 1.84. The van der Waals surface area contributed by atoms with Gasteiger partial charge in [0.1, 0.15) is 18.1 Å². The zero-order valence-electron chi connectivity index (χ0n) is 9.82. The van der Waals surface area contributed by atoms with Crippen molar-refractivity contribution in [1.82, 2.24) is 14.6 Å². The third-order valence-corrected chi connectivity index (χ3v) is 2.76. The molecule has 1 aromatic carbocycles. The Hall–Kier alpha value is -2.27. The van der Waals surface area contributed by atoms with E-state index in [2.05, 4.69) is 10.1 Å². The molecular formula is C13H10ClN3O2. The molecule has 5 nitrogen and oxygen atoms in total. The van der Waals surface area contributed by atoms with E-state index in [1.54, 1.807) is 41.0 Å². The van der Waals surface area contributed by atoms with Crippen LogP contribution in [0.3, 0.4) is 0 Å². The van der Waals surface area contributed by atoms with Crippen LogP contribution in [-0.2, 0) is 6.61 Å². The molecule has 0 amide bonds. The zero-order chi connectivity index (χ0) is 13.2. The lowest BCUT2D eigenvalue weighted by Crippen LogP contribution is -1.97. The van der Waals surface area contributed by atoms with Crippen molar-refractivity contribution < 1.29 is 9.84 Å². The van der Waals surface area contributed by atoms with Gasteiger partial charge in [-0.1, -0.05) is 17.7 Å². The van der Waals surface area contributed by atoms with Gasteiger partial charge in [0.2, 0.25) is 0 Å². The molecule has 0 saturated heterocycles. The Balaban J connectivity index is 1.78. The number of phenolic OH excluding ortho intramolecular Hbond substituents is 1. The number of pyridine rings is 1. The number of aromatic hydroxyl groups is 1. The van der Waals surface area contributed by atoms with Crippen LogP contribution in [0.1, 0.15) is 5.82 Å². The third-order valence-electron chi connectivity index (χ3n) is 2.53. The molecule has 6 heteroatoms. The first-order valence-electron chi connectivity index (χ1n) is 5.63. The van der Waals surface area contributed by atoms with E-state index in [0.717, 1.165) is 0 Å². The van der Waals surface area contributed by atoms with Gasteiger partial charge >= 0.3 is 0 Å². The second-order valence-electron chi connectivity index (χ2n) is 3.96. The highest BCUT2D eigenvalue weighted by molar-refractivity contribution is 6.30. The Labute approximate surface area is 114 Å². The molecule has 96 valence electrons. The number of hydrogen-bond acceptors (Lipinski definition) is 4. The summed E-state index contributed by atoms with van der Waals surface area (Å²) in [5, 5.41) is 14.2. The second kappa shape index (κ2) is 4.78. The van der Waals surface area contributed by atoms with E-state index in [-0.39, 0.29) is 12.4 Å². The molecule has 3 aromatic rings. The van der Waals surface area contributed by atoms with Crippen molar-refractivity contribution in [2.75, 3.05) is 0 Å². The predicted molar refractivity (Wildman–Crippen MR) is 70.4 cm³/mol. The maximum atomic E-state index is 9.33. The monoisotopic (exact) mass is 275 g/mol. The first-order valence-corrected chi connectivity index (χ1v) is 6.01.